The molecule has 0 aliphatic heterocycles. The van der Waals surface area contributed by atoms with E-state index < -0.39 is 0 Å². The lowest BCUT2D eigenvalue weighted by molar-refractivity contribution is -0.116. The third kappa shape index (κ3) is 4.73. The molecule has 0 bridgehead atoms. The summed E-state index contributed by atoms with van der Waals surface area (Å²) in [4.78, 5) is 12.7. The summed E-state index contributed by atoms with van der Waals surface area (Å²) in [6.07, 6.45) is 4.31. The third-order valence-corrected chi connectivity index (χ3v) is 5.25. The summed E-state index contributed by atoms with van der Waals surface area (Å²) >= 11 is 5.66. The monoisotopic (exact) mass is 449 g/mol. The Hall–Kier alpha value is -3.85. The molecular formula is C23H23N5O3S. The minimum atomic E-state index is -0.234. The Morgan fingerprint density at radius 2 is 1.72 bits per heavy atom. The van der Waals surface area contributed by atoms with Gasteiger partial charge in [-0.3, -0.25) is 9.47 Å². The van der Waals surface area contributed by atoms with Gasteiger partial charge in [0.1, 0.15) is 18.0 Å². The molecule has 0 saturated carbocycles. The number of amides is 1. The van der Waals surface area contributed by atoms with Crippen molar-refractivity contribution < 1.29 is 14.3 Å². The minimum Gasteiger partial charge on any atom is -0.497 e. The first kappa shape index (κ1) is 21.4. The van der Waals surface area contributed by atoms with Gasteiger partial charge in [0.15, 0.2) is 5.82 Å². The quantitative estimate of drug-likeness (QED) is 0.415. The van der Waals surface area contributed by atoms with Crippen LogP contribution in [0.2, 0.25) is 0 Å². The van der Waals surface area contributed by atoms with Crippen LogP contribution in [-0.4, -0.2) is 39.3 Å². The summed E-state index contributed by atoms with van der Waals surface area (Å²) in [6.45, 7) is -0.0140. The van der Waals surface area contributed by atoms with Crippen molar-refractivity contribution in [3.63, 3.8) is 0 Å². The Labute approximate surface area is 190 Å². The molecule has 0 aliphatic rings. The van der Waals surface area contributed by atoms with Crippen LogP contribution in [0.3, 0.4) is 0 Å². The lowest BCUT2D eigenvalue weighted by Gasteiger charge is -2.08. The maximum atomic E-state index is 12.7. The summed E-state index contributed by atoms with van der Waals surface area (Å²) in [7, 11) is 3.22. The van der Waals surface area contributed by atoms with Crippen molar-refractivity contribution in [3.8, 4) is 11.5 Å². The first-order valence-corrected chi connectivity index (χ1v) is 10.4. The number of anilines is 1. The molecule has 4 rings (SSSR count). The first-order chi connectivity index (χ1) is 15.6. The molecule has 2 aromatic heterocycles. The van der Waals surface area contributed by atoms with Crippen molar-refractivity contribution in [3.05, 3.63) is 89.2 Å². The number of methoxy groups -OCH3 is 2. The molecule has 2 aromatic carbocycles. The normalized spacial score (nSPS) is 10.7. The Morgan fingerprint density at radius 1 is 1.00 bits per heavy atom. The van der Waals surface area contributed by atoms with Gasteiger partial charge in [-0.25, -0.2) is 9.36 Å². The number of aromatic nitrogens is 4. The van der Waals surface area contributed by atoms with Crippen LogP contribution in [0, 0.1) is 4.77 Å². The van der Waals surface area contributed by atoms with Gasteiger partial charge in [-0.05, 0) is 54.2 Å². The number of hydrogen-bond donors (Lipinski definition) is 1. The Morgan fingerprint density at radius 3 is 2.41 bits per heavy atom. The molecule has 8 nitrogen and oxygen atoms in total. The van der Waals surface area contributed by atoms with Crippen molar-refractivity contribution in [2.75, 3.05) is 19.5 Å². The van der Waals surface area contributed by atoms with E-state index in [0.717, 1.165) is 11.3 Å². The van der Waals surface area contributed by atoms with Crippen LogP contribution in [0.4, 0.5) is 5.69 Å². The van der Waals surface area contributed by atoms with E-state index in [0.29, 0.717) is 28.5 Å². The fourth-order valence-electron chi connectivity index (χ4n) is 3.31. The van der Waals surface area contributed by atoms with E-state index in [1.54, 1.807) is 26.4 Å². The molecule has 0 atom stereocenters. The highest BCUT2D eigenvalue weighted by molar-refractivity contribution is 7.71. The zero-order valence-corrected chi connectivity index (χ0v) is 18.6. The Bertz CT molecular complexity index is 1260. The Kier molecular flexibility index (Phi) is 6.37. The van der Waals surface area contributed by atoms with Gasteiger partial charge in [-0.1, -0.05) is 18.2 Å². The predicted octanol–water partition coefficient (Wildman–Crippen LogP) is 3.77. The lowest BCUT2D eigenvalue weighted by atomic mass is 10.1. The SMILES string of the molecule is COc1ccc(Cc2nn(CC(=O)Nc3cccc(OC)c3)c(=S)n2-n2cccc2)cc1. The second-order valence-corrected chi connectivity index (χ2v) is 7.40. The third-order valence-electron chi connectivity index (χ3n) is 4.87. The molecule has 4 aromatic rings. The molecule has 9 heteroatoms. The van der Waals surface area contributed by atoms with Gasteiger partial charge in [0.25, 0.3) is 0 Å². The summed E-state index contributed by atoms with van der Waals surface area (Å²) < 4.78 is 16.1. The van der Waals surface area contributed by atoms with Gasteiger partial charge in [0.05, 0.1) is 14.2 Å². The average Bonchev–Trinajstić information content (AvgIpc) is 3.42. The van der Waals surface area contributed by atoms with Crippen molar-refractivity contribution in [2.24, 2.45) is 0 Å². The standard InChI is InChI=1S/C23H23N5O3S/c1-30-19-10-8-17(9-11-19)14-21-25-27(23(32)28(21)26-12-3-4-13-26)16-22(29)24-18-6-5-7-20(15-18)31-2/h3-13,15H,14,16H2,1-2H3,(H,24,29). The van der Waals surface area contributed by atoms with Crippen LogP contribution in [0.15, 0.2) is 73.1 Å². The molecule has 0 unspecified atom stereocenters. The van der Waals surface area contributed by atoms with Gasteiger partial charge in [-0.15, -0.1) is 0 Å². The lowest BCUT2D eigenvalue weighted by Crippen LogP contribution is -2.20. The van der Waals surface area contributed by atoms with E-state index in [1.807, 2.05) is 70.3 Å². The number of nitrogens with zero attached hydrogens (tertiary/aromatic N) is 4. The van der Waals surface area contributed by atoms with Gasteiger partial charge < -0.3 is 14.8 Å². The molecule has 0 saturated heterocycles. The highest BCUT2D eigenvalue weighted by Crippen LogP contribution is 2.18. The molecule has 1 amide bonds. The van der Waals surface area contributed by atoms with Crippen molar-refractivity contribution in [2.45, 2.75) is 13.0 Å². The van der Waals surface area contributed by atoms with Crippen molar-refractivity contribution >= 4 is 23.8 Å². The fourth-order valence-corrected chi connectivity index (χ4v) is 3.62. The molecule has 0 radical (unpaired) electrons. The van der Waals surface area contributed by atoms with E-state index >= 15 is 0 Å². The molecule has 0 aliphatic carbocycles. The zero-order chi connectivity index (χ0) is 22.5. The van der Waals surface area contributed by atoms with Crippen LogP contribution >= 0.6 is 12.2 Å². The number of carbonyl (C=O) groups excluding carboxylic acids is 1. The fraction of sp³-hybridized carbons (Fsp3) is 0.174. The molecule has 0 fully saturated rings. The predicted molar refractivity (Wildman–Crippen MR) is 124 cm³/mol. The van der Waals surface area contributed by atoms with E-state index in [1.165, 1.54) is 4.68 Å². The highest BCUT2D eigenvalue weighted by atomic mass is 32.1. The molecule has 1 N–H and O–H groups in total. The smallest absolute Gasteiger partial charge is 0.246 e. The first-order valence-electron chi connectivity index (χ1n) is 9.96. The van der Waals surface area contributed by atoms with Crippen LogP contribution in [-0.2, 0) is 17.8 Å². The van der Waals surface area contributed by atoms with Gasteiger partial charge in [0.2, 0.25) is 10.7 Å². The minimum absolute atomic E-state index is 0.0140. The zero-order valence-electron chi connectivity index (χ0n) is 17.8. The van der Waals surface area contributed by atoms with Crippen molar-refractivity contribution in [1.29, 1.82) is 0 Å². The molecular weight excluding hydrogens is 426 g/mol. The van der Waals surface area contributed by atoms with Gasteiger partial charge in [-0.2, -0.15) is 5.10 Å². The second-order valence-electron chi connectivity index (χ2n) is 7.04. The maximum Gasteiger partial charge on any atom is 0.246 e. The van der Waals surface area contributed by atoms with Gasteiger partial charge >= 0.3 is 0 Å². The number of hydrogen-bond acceptors (Lipinski definition) is 5. The van der Waals surface area contributed by atoms with Crippen LogP contribution in [0.1, 0.15) is 11.4 Å². The van der Waals surface area contributed by atoms with Crippen LogP contribution in [0.5, 0.6) is 11.5 Å². The molecule has 164 valence electrons. The number of benzene rings is 2. The number of ether oxygens (including phenoxy) is 2. The Balaban J connectivity index is 1.60. The van der Waals surface area contributed by atoms with Crippen LogP contribution in [0.25, 0.3) is 0 Å². The van der Waals surface area contributed by atoms with Crippen LogP contribution < -0.4 is 14.8 Å². The van der Waals surface area contributed by atoms with E-state index in [2.05, 4.69) is 10.4 Å². The second kappa shape index (κ2) is 9.52. The largest absolute Gasteiger partial charge is 0.497 e. The summed E-state index contributed by atoms with van der Waals surface area (Å²) in [5.74, 6) is 1.93. The van der Waals surface area contributed by atoms with E-state index in [-0.39, 0.29) is 12.5 Å². The number of carbonyl (C=O) groups is 1. The summed E-state index contributed by atoms with van der Waals surface area (Å²) in [5, 5.41) is 7.52. The summed E-state index contributed by atoms with van der Waals surface area (Å²) in [5.41, 5.74) is 1.69. The highest BCUT2D eigenvalue weighted by Gasteiger charge is 2.15. The van der Waals surface area contributed by atoms with Crippen molar-refractivity contribution in [1.82, 2.24) is 19.1 Å². The molecule has 32 heavy (non-hydrogen) atoms. The molecule has 2 heterocycles. The topological polar surface area (TPSA) is 75.2 Å². The average molecular weight is 450 g/mol. The van der Waals surface area contributed by atoms with E-state index in [9.17, 15) is 4.79 Å². The molecule has 0 spiro atoms. The maximum absolute atomic E-state index is 12.7. The number of nitrogens with one attached hydrogen (secondary N) is 1. The number of rotatable bonds is 8. The van der Waals surface area contributed by atoms with Gasteiger partial charge in [0, 0.05) is 30.6 Å². The van der Waals surface area contributed by atoms with E-state index in [4.69, 9.17) is 21.7 Å². The summed E-state index contributed by atoms with van der Waals surface area (Å²) in [6, 6.07) is 18.8.